The Kier molecular flexibility index (Phi) is 3.27. The largest absolute Gasteiger partial charge is 0.465 e. The van der Waals surface area contributed by atoms with E-state index in [1.807, 2.05) is 13.8 Å². The van der Waals surface area contributed by atoms with Crippen molar-refractivity contribution in [1.82, 2.24) is 0 Å². The number of esters is 1. The van der Waals surface area contributed by atoms with Crippen LogP contribution >= 0.6 is 0 Å². The molecule has 1 aliphatic carbocycles. The SMILES string of the molecule is CCOC(=O)C1C(=O)CC(C)(C)CC1=O. The first-order valence-electron chi connectivity index (χ1n) is 5.09. The predicted octanol–water partition coefficient (Wildman–Crippen LogP) is 1.12. The minimum atomic E-state index is -1.17. The molecule has 0 unspecified atom stereocenters. The van der Waals surface area contributed by atoms with Crippen LogP contribution < -0.4 is 0 Å². The van der Waals surface area contributed by atoms with Gasteiger partial charge in [0.15, 0.2) is 17.5 Å². The Bertz CT molecular complexity index is 284. The molecule has 0 bridgehead atoms. The smallest absolute Gasteiger partial charge is 0.324 e. The van der Waals surface area contributed by atoms with E-state index >= 15 is 0 Å². The van der Waals surface area contributed by atoms with Gasteiger partial charge < -0.3 is 4.74 Å². The Morgan fingerprint density at radius 3 is 2.20 bits per heavy atom. The summed E-state index contributed by atoms with van der Waals surface area (Å²) in [5.74, 6) is -2.48. The topological polar surface area (TPSA) is 60.4 Å². The molecule has 0 saturated heterocycles. The highest BCUT2D eigenvalue weighted by Crippen LogP contribution is 2.34. The molecular weight excluding hydrogens is 196 g/mol. The van der Waals surface area contributed by atoms with E-state index in [0.717, 1.165) is 0 Å². The highest BCUT2D eigenvalue weighted by molar-refractivity contribution is 6.18. The quantitative estimate of drug-likeness (QED) is 0.508. The molecule has 0 amide bonds. The van der Waals surface area contributed by atoms with E-state index in [0.29, 0.717) is 0 Å². The standard InChI is InChI=1S/C11H16O4/c1-4-15-10(14)9-7(12)5-11(2,3)6-8(9)13/h9H,4-6H2,1-3H3. The van der Waals surface area contributed by atoms with Gasteiger partial charge in [0.1, 0.15) is 0 Å². The maximum atomic E-state index is 11.6. The molecule has 0 aromatic carbocycles. The summed E-state index contributed by atoms with van der Waals surface area (Å²) >= 11 is 0. The molecule has 84 valence electrons. The molecule has 1 saturated carbocycles. The molecule has 4 heteroatoms. The molecule has 0 aliphatic heterocycles. The average molecular weight is 212 g/mol. The molecular formula is C11H16O4. The lowest BCUT2D eigenvalue weighted by molar-refractivity contribution is -0.157. The number of carbonyl (C=O) groups excluding carboxylic acids is 3. The zero-order valence-corrected chi connectivity index (χ0v) is 9.33. The number of hydrogen-bond acceptors (Lipinski definition) is 4. The van der Waals surface area contributed by atoms with Crippen LogP contribution in [0, 0.1) is 11.3 Å². The molecule has 0 atom stereocenters. The van der Waals surface area contributed by atoms with Crippen molar-refractivity contribution in [3.63, 3.8) is 0 Å². The van der Waals surface area contributed by atoms with Crippen molar-refractivity contribution in [2.45, 2.75) is 33.6 Å². The first-order valence-corrected chi connectivity index (χ1v) is 5.09. The summed E-state index contributed by atoms with van der Waals surface area (Å²) < 4.78 is 4.71. The van der Waals surface area contributed by atoms with Gasteiger partial charge >= 0.3 is 5.97 Å². The van der Waals surface area contributed by atoms with Gasteiger partial charge in [-0.25, -0.2) is 0 Å². The summed E-state index contributed by atoms with van der Waals surface area (Å²) in [5, 5.41) is 0. The summed E-state index contributed by atoms with van der Waals surface area (Å²) in [4.78, 5) is 34.6. The van der Waals surface area contributed by atoms with E-state index in [2.05, 4.69) is 0 Å². The lowest BCUT2D eigenvalue weighted by Crippen LogP contribution is -2.42. The Labute approximate surface area is 89.0 Å². The van der Waals surface area contributed by atoms with Crippen LogP contribution in [-0.2, 0) is 19.1 Å². The van der Waals surface area contributed by atoms with Crippen molar-refractivity contribution < 1.29 is 19.1 Å². The van der Waals surface area contributed by atoms with Crippen molar-refractivity contribution in [2.75, 3.05) is 6.61 Å². The third-order valence-corrected chi connectivity index (χ3v) is 2.47. The van der Waals surface area contributed by atoms with Gasteiger partial charge in [-0.05, 0) is 12.3 Å². The molecule has 0 N–H and O–H groups in total. The number of ether oxygens (including phenoxy) is 1. The Balaban J connectivity index is 2.80. The third kappa shape index (κ3) is 2.64. The van der Waals surface area contributed by atoms with E-state index in [4.69, 9.17) is 4.74 Å². The van der Waals surface area contributed by atoms with E-state index in [1.165, 1.54) is 0 Å². The molecule has 15 heavy (non-hydrogen) atoms. The predicted molar refractivity (Wildman–Crippen MR) is 53.2 cm³/mol. The van der Waals surface area contributed by atoms with E-state index < -0.39 is 11.9 Å². The first-order chi connectivity index (χ1) is 6.87. The van der Waals surface area contributed by atoms with Crippen molar-refractivity contribution in [3.05, 3.63) is 0 Å². The number of rotatable bonds is 2. The van der Waals surface area contributed by atoms with Crippen LogP contribution in [0.15, 0.2) is 0 Å². The zero-order valence-electron chi connectivity index (χ0n) is 9.33. The lowest BCUT2D eigenvalue weighted by atomic mass is 9.71. The van der Waals surface area contributed by atoms with Crippen LogP contribution in [-0.4, -0.2) is 24.1 Å². The summed E-state index contributed by atoms with van der Waals surface area (Å²) in [7, 11) is 0. The fourth-order valence-corrected chi connectivity index (χ4v) is 1.88. The highest BCUT2D eigenvalue weighted by Gasteiger charge is 2.44. The minimum absolute atomic E-state index is 0.194. The summed E-state index contributed by atoms with van der Waals surface area (Å²) in [5.41, 5.74) is -0.322. The molecule has 4 nitrogen and oxygen atoms in total. The second kappa shape index (κ2) is 4.13. The minimum Gasteiger partial charge on any atom is -0.465 e. The molecule has 0 aromatic rings. The number of hydrogen-bond donors (Lipinski definition) is 0. The summed E-state index contributed by atoms with van der Waals surface area (Å²) in [6, 6.07) is 0. The van der Waals surface area contributed by atoms with E-state index in [9.17, 15) is 14.4 Å². The maximum absolute atomic E-state index is 11.6. The number of ketones is 2. The van der Waals surface area contributed by atoms with Crippen LogP contribution in [0.25, 0.3) is 0 Å². The van der Waals surface area contributed by atoms with Gasteiger partial charge in [0.25, 0.3) is 0 Å². The second-order valence-electron chi connectivity index (χ2n) is 4.64. The van der Waals surface area contributed by atoms with Gasteiger partial charge in [0, 0.05) is 12.8 Å². The van der Waals surface area contributed by atoms with Gasteiger partial charge in [0.2, 0.25) is 0 Å². The van der Waals surface area contributed by atoms with Crippen LogP contribution in [0.1, 0.15) is 33.6 Å². The van der Waals surface area contributed by atoms with Crippen LogP contribution in [0.3, 0.4) is 0 Å². The van der Waals surface area contributed by atoms with Crippen molar-refractivity contribution in [3.8, 4) is 0 Å². The van der Waals surface area contributed by atoms with E-state index in [1.54, 1.807) is 6.92 Å². The first kappa shape index (κ1) is 11.9. The number of Topliss-reactive ketones (excluding diaryl/α,β-unsaturated/α-hetero) is 2. The van der Waals surface area contributed by atoms with Gasteiger partial charge in [0.05, 0.1) is 6.61 Å². The molecule has 0 spiro atoms. The molecule has 0 radical (unpaired) electrons. The lowest BCUT2D eigenvalue weighted by Gasteiger charge is -2.30. The molecule has 0 aromatic heterocycles. The molecule has 1 rings (SSSR count). The Hall–Kier alpha value is -1.19. The molecule has 0 heterocycles. The van der Waals surface area contributed by atoms with Crippen molar-refractivity contribution in [2.24, 2.45) is 11.3 Å². The Morgan fingerprint density at radius 2 is 1.80 bits per heavy atom. The summed E-state index contributed by atoms with van der Waals surface area (Å²) in [6.07, 6.45) is 0.532. The van der Waals surface area contributed by atoms with Gasteiger partial charge in [-0.15, -0.1) is 0 Å². The highest BCUT2D eigenvalue weighted by atomic mass is 16.5. The maximum Gasteiger partial charge on any atom is 0.324 e. The Morgan fingerprint density at radius 1 is 1.33 bits per heavy atom. The monoisotopic (exact) mass is 212 g/mol. The zero-order chi connectivity index (χ0) is 11.6. The normalized spacial score (nSPS) is 21.5. The van der Waals surface area contributed by atoms with Gasteiger partial charge in [-0.3, -0.25) is 14.4 Å². The second-order valence-corrected chi connectivity index (χ2v) is 4.64. The van der Waals surface area contributed by atoms with Gasteiger partial charge in [-0.1, -0.05) is 13.8 Å². The molecule has 1 fully saturated rings. The van der Waals surface area contributed by atoms with Crippen LogP contribution in [0.4, 0.5) is 0 Å². The van der Waals surface area contributed by atoms with E-state index in [-0.39, 0.29) is 36.4 Å². The van der Waals surface area contributed by atoms with Crippen LogP contribution in [0.5, 0.6) is 0 Å². The average Bonchev–Trinajstić information content (AvgIpc) is 1.99. The van der Waals surface area contributed by atoms with Crippen molar-refractivity contribution >= 4 is 17.5 Å². The summed E-state index contributed by atoms with van der Waals surface area (Å²) in [6.45, 7) is 5.55. The fraction of sp³-hybridized carbons (Fsp3) is 0.727. The third-order valence-electron chi connectivity index (χ3n) is 2.47. The molecule has 1 aliphatic rings. The van der Waals surface area contributed by atoms with Crippen LogP contribution in [0.2, 0.25) is 0 Å². The van der Waals surface area contributed by atoms with Gasteiger partial charge in [-0.2, -0.15) is 0 Å². The van der Waals surface area contributed by atoms with Crippen molar-refractivity contribution in [1.29, 1.82) is 0 Å². The fourth-order valence-electron chi connectivity index (χ4n) is 1.88. The number of carbonyl (C=O) groups is 3.